The summed E-state index contributed by atoms with van der Waals surface area (Å²) >= 11 is 3.39. The van der Waals surface area contributed by atoms with E-state index in [0.29, 0.717) is 0 Å². The van der Waals surface area contributed by atoms with Gasteiger partial charge in [0, 0.05) is 19.4 Å². The van der Waals surface area contributed by atoms with Gasteiger partial charge in [-0.15, -0.1) is 0 Å². The molecule has 0 bridgehead atoms. The zero-order valence-electron chi connectivity index (χ0n) is 11.3. The molecule has 0 aliphatic carbocycles. The van der Waals surface area contributed by atoms with E-state index in [1.54, 1.807) is 28.7 Å². The van der Waals surface area contributed by atoms with Gasteiger partial charge in [-0.2, -0.15) is 10.2 Å². The number of anilines is 1. The third-order valence-electron chi connectivity index (χ3n) is 2.90. The van der Waals surface area contributed by atoms with Crippen LogP contribution in [0.3, 0.4) is 0 Å². The Morgan fingerprint density at radius 2 is 2.00 bits per heavy atom. The van der Waals surface area contributed by atoms with Crippen molar-refractivity contribution in [3.05, 3.63) is 28.3 Å². The highest BCUT2D eigenvalue weighted by atomic mass is 79.9. The SMILES string of the molecule is Cc1nn(C(C)C(=O)Nc2cn(C)nc2C)cc1Br. The van der Waals surface area contributed by atoms with Crippen molar-refractivity contribution < 1.29 is 4.79 Å². The molecule has 0 saturated carbocycles. The van der Waals surface area contributed by atoms with Gasteiger partial charge in [0.1, 0.15) is 6.04 Å². The van der Waals surface area contributed by atoms with Gasteiger partial charge in [0.2, 0.25) is 5.91 Å². The Morgan fingerprint density at radius 1 is 1.32 bits per heavy atom. The Hall–Kier alpha value is -1.63. The van der Waals surface area contributed by atoms with Crippen molar-refractivity contribution in [1.82, 2.24) is 19.6 Å². The van der Waals surface area contributed by atoms with E-state index in [9.17, 15) is 4.79 Å². The molecule has 2 heterocycles. The Morgan fingerprint density at radius 3 is 2.47 bits per heavy atom. The van der Waals surface area contributed by atoms with Crippen LogP contribution in [0.1, 0.15) is 24.4 Å². The number of aromatic nitrogens is 4. The number of rotatable bonds is 3. The molecular weight excluding hydrogens is 310 g/mol. The summed E-state index contributed by atoms with van der Waals surface area (Å²) in [6, 6.07) is -0.385. The van der Waals surface area contributed by atoms with Gasteiger partial charge in [-0.25, -0.2) is 0 Å². The highest BCUT2D eigenvalue weighted by Gasteiger charge is 2.18. The number of hydrogen-bond donors (Lipinski definition) is 1. The van der Waals surface area contributed by atoms with Gasteiger partial charge in [0.25, 0.3) is 0 Å². The lowest BCUT2D eigenvalue weighted by Gasteiger charge is -2.11. The first-order valence-electron chi connectivity index (χ1n) is 5.91. The van der Waals surface area contributed by atoms with E-state index in [-0.39, 0.29) is 11.9 Å². The molecule has 0 fully saturated rings. The summed E-state index contributed by atoms with van der Waals surface area (Å²) in [4.78, 5) is 12.2. The minimum absolute atomic E-state index is 0.119. The maximum atomic E-state index is 12.2. The lowest BCUT2D eigenvalue weighted by atomic mass is 10.3. The van der Waals surface area contributed by atoms with Crippen molar-refractivity contribution in [2.24, 2.45) is 7.05 Å². The molecule has 102 valence electrons. The highest BCUT2D eigenvalue weighted by molar-refractivity contribution is 9.10. The van der Waals surface area contributed by atoms with Crippen LogP contribution >= 0.6 is 15.9 Å². The average Bonchev–Trinajstić information content (AvgIpc) is 2.82. The Balaban J connectivity index is 2.13. The predicted octanol–water partition coefficient (Wildman–Crippen LogP) is 2.20. The number of hydrogen-bond acceptors (Lipinski definition) is 3. The molecule has 0 aliphatic rings. The fraction of sp³-hybridized carbons (Fsp3) is 0.417. The molecule has 0 aliphatic heterocycles. The minimum atomic E-state index is -0.385. The van der Waals surface area contributed by atoms with E-state index < -0.39 is 0 Å². The van der Waals surface area contributed by atoms with Crippen molar-refractivity contribution in [3.8, 4) is 0 Å². The number of amides is 1. The van der Waals surface area contributed by atoms with Crippen LogP contribution in [0.2, 0.25) is 0 Å². The van der Waals surface area contributed by atoms with Gasteiger partial charge in [0.15, 0.2) is 0 Å². The van der Waals surface area contributed by atoms with Crippen LogP contribution in [0.4, 0.5) is 5.69 Å². The average molecular weight is 326 g/mol. The zero-order valence-corrected chi connectivity index (χ0v) is 12.9. The Labute approximate surface area is 119 Å². The number of aryl methyl sites for hydroxylation is 3. The van der Waals surface area contributed by atoms with Crippen LogP contribution in [-0.2, 0) is 11.8 Å². The van der Waals surface area contributed by atoms with Crippen LogP contribution in [-0.4, -0.2) is 25.5 Å². The predicted molar refractivity (Wildman–Crippen MR) is 75.9 cm³/mol. The number of carbonyl (C=O) groups excluding carboxylic acids is 1. The molecular formula is C12H16BrN5O. The number of nitrogens with zero attached hydrogens (tertiary/aromatic N) is 4. The van der Waals surface area contributed by atoms with Gasteiger partial charge >= 0.3 is 0 Å². The van der Waals surface area contributed by atoms with E-state index in [1.807, 2.05) is 20.9 Å². The van der Waals surface area contributed by atoms with E-state index >= 15 is 0 Å². The largest absolute Gasteiger partial charge is 0.321 e. The quantitative estimate of drug-likeness (QED) is 0.940. The molecule has 2 aromatic rings. The highest BCUT2D eigenvalue weighted by Crippen LogP contribution is 2.18. The molecule has 0 saturated heterocycles. The van der Waals surface area contributed by atoms with Crippen molar-refractivity contribution in [1.29, 1.82) is 0 Å². The standard InChI is InChI=1S/C12H16BrN5O/c1-7-10(13)5-18(16-7)9(3)12(19)14-11-6-17(4)15-8(11)2/h5-6,9H,1-4H3,(H,14,19). The first kappa shape index (κ1) is 13.8. The minimum Gasteiger partial charge on any atom is -0.321 e. The molecule has 1 unspecified atom stereocenters. The topological polar surface area (TPSA) is 64.7 Å². The van der Waals surface area contributed by atoms with Crippen molar-refractivity contribution in [3.63, 3.8) is 0 Å². The van der Waals surface area contributed by atoms with Crippen LogP contribution in [0.15, 0.2) is 16.9 Å². The zero-order chi connectivity index (χ0) is 14.2. The first-order chi connectivity index (χ1) is 8.88. The summed E-state index contributed by atoms with van der Waals surface area (Å²) in [7, 11) is 1.82. The molecule has 7 heteroatoms. The molecule has 1 N–H and O–H groups in total. The summed E-state index contributed by atoms with van der Waals surface area (Å²) in [6.45, 7) is 5.55. The lowest BCUT2D eigenvalue weighted by molar-refractivity contribution is -0.119. The van der Waals surface area contributed by atoms with Crippen LogP contribution < -0.4 is 5.32 Å². The fourth-order valence-corrected chi connectivity index (χ4v) is 2.03. The van der Waals surface area contributed by atoms with E-state index in [1.165, 1.54) is 0 Å². The van der Waals surface area contributed by atoms with E-state index in [4.69, 9.17) is 0 Å². The second kappa shape index (κ2) is 5.16. The Bertz CT molecular complexity index is 596. The molecule has 0 aromatic carbocycles. The summed E-state index contributed by atoms with van der Waals surface area (Å²) in [5.74, 6) is -0.119. The smallest absolute Gasteiger partial charge is 0.249 e. The molecule has 0 radical (unpaired) electrons. The van der Waals surface area contributed by atoms with Gasteiger partial charge in [-0.05, 0) is 36.7 Å². The van der Waals surface area contributed by atoms with E-state index in [0.717, 1.165) is 21.5 Å². The van der Waals surface area contributed by atoms with Gasteiger partial charge < -0.3 is 5.32 Å². The maximum absolute atomic E-state index is 12.2. The van der Waals surface area contributed by atoms with Crippen molar-refractivity contribution in [2.45, 2.75) is 26.8 Å². The van der Waals surface area contributed by atoms with Gasteiger partial charge in [-0.3, -0.25) is 14.2 Å². The third-order valence-corrected chi connectivity index (χ3v) is 3.68. The molecule has 1 atom stereocenters. The number of carbonyl (C=O) groups is 1. The molecule has 6 nitrogen and oxygen atoms in total. The molecule has 0 spiro atoms. The summed E-state index contributed by atoms with van der Waals surface area (Å²) in [5.41, 5.74) is 2.38. The molecule has 1 amide bonds. The summed E-state index contributed by atoms with van der Waals surface area (Å²) in [5, 5.41) is 11.3. The maximum Gasteiger partial charge on any atom is 0.249 e. The van der Waals surface area contributed by atoms with Crippen molar-refractivity contribution in [2.75, 3.05) is 5.32 Å². The third kappa shape index (κ3) is 2.86. The summed E-state index contributed by atoms with van der Waals surface area (Å²) < 4.78 is 4.20. The van der Waals surface area contributed by atoms with Gasteiger partial charge in [-0.1, -0.05) is 0 Å². The molecule has 19 heavy (non-hydrogen) atoms. The summed E-state index contributed by atoms with van der Waals surface area (Å²) in [6.07, 6.45) is 3.58. The lowest BCUT2D eigenvalue weighted by Crippen LogP contribution is -2.24. The monoisotopic (exact) mass is 325 g/mol. The van der Waals surface area contributed by atoms with Crippen LogP contribution in [0.25, 0.3) is 0 Å². The van der Waals surface area contributed by atoms with Gasteiger partial charge in [0.05, 0.1) is 21.5 Å². The number of nitrogens with one attached hydrogen (secondary N) is 1. The fourth-order valence-electron chi connectivity index (χ4n) is 1.74. The normalized spacial score (nSPS) is 12.5. The Kier molecular flexibility index (Phi) is 3.75. The second-order valence-corrected chi connectivity index (χ2v) is 5.36. The van der Waals surface area contributed by atoms with Crippen molar-refractivity contribution >= 4 is 27.5 Å². The van der Waals surface area contributed by atoms with E-state index in [2.05, 4.69) is 31.4 Å². The van der Waals surface area contributed by atoms with Crippen LogP contribution in [0, 0.1) is 13.8 Å². The number of halogens is 1. The first-order valence-corrected chi connectivity index (χ1v) is 6.70. The van der Waals surface area contributed by atoms with Crippen LogP contribution in [0.5, 0.6) is 0 Å². The second-order valence-electron chi connectivity index (χ2n) is 4.51. The molecule has 2 rings (SSSR count). The molecule has 2 aromatic heterocycles.